The Kier molecular flexibility index (Phi) is 8.31. The molecule has 0 aliphatic carbocycles. The molecule has 7 nitrogen and oxygen atoms in total. The molecule has 0 bridgehead atoms. The molecule has 0 aliphatic heterocycles. The molecule has 0 saturated carbocycles. The van der Waals surface area contributed by atoms with E-state index in [1.54, 1.807) is 60.7 Å². The highest BCUT2D eigenvalue weighted by atomic mass is 35.5. The van der Waals surface area contributed by atoms with Crippen LogP contribution < -0.4 is 11.1 Å². The molecule has 1 atom stereocenters. The van der Waals surface area contributed by atoms with Gasteiger partial charge in [0.1, 0.15) is 5.84 Å². The summed E-state index contributed by atoms with van der Waals surface area (Å²) >= 11 is 6.03. The highest BCUT2D eigenvalue weighted by molar-refractivity contribution is 7.89. The number of nitrogens with one attached hydrogen (secondary N) is 2. The van der Waals surface area contributed by atoms with Crippen molar-refractivity contribution < 1.29 is 13.5 Å². The number of unbranched alkanes of at least 4 members (excludes halogenated alkanes) is 1. The van der Waals surface area contributed by atoms with Crippen LogP contribution in [0.1, 0.15) is 25.3 Å². The Labute approximate surface area is 199 Å². The average molecular weight is 489 g/mol. The van der Waals surface area contributed by atoms with Gasteiger partial charge in [-0.2, -0.15) is 4.31 Å². The predicted molar refractivity (Wildman–Crippen MR) is 135 cm³/mol. The quantitative estimate of drug-likeness (QED) is 0.240. The van der Waals surface area contributed by atoms with Gasteiger partial charge in [0.25, 0.3) is 0 Å². The van der Waals surface area contributed by atoms with Crippen molar-refractivity contribution in [2.45, 2.75) is 30.8 Å². The van der Waals surface area contributed by atoms with E-state index in [1.165, 1.54) is 4.31 Å². The van der Waals surface area contributed by atoms with Crippen LogP contribution in [0.4, 0.5) is 5.69 Å². The lowest BCUT2D eigenvalue weighted by Gasteiger charge is -2.25. The van der Waals surface area contributed by atoms with E-state index >= 15 is 0 Å². The van der Waals surface area contributed by atoms with E-state index in [0.717, 1.165) is 22.9 Å². The van der Waals surface area contributed by atoms with Crippen LogP contribution in [0.3, 0.4) is 0 Å². The summed E-state index contributed by atoms with van der Waals surface area (Å²) in [5, 5.41) is 23.4. The summed E-state index contributed by atoms with van der Waals surface area (Å²) in [5.74, 6) is -0.0184. The zero-order valence-corrected chi connectivity index (χ0v) is 20.0. The van der Waals surface area contributed by atoms with Crippen LogP contribution in [0.2, 0.25) is 5.02 Å². The summed E-state index contributed by atoms with van der Waals surface area (Å²) in [5.41, 5.74) is 6.81. The number of rotatable bonds is 11. The van der Waals surface area contributed by atoms with E-state index in [-0.39, 0.29) is 23.8 Å². The molecule has 5 N–H and O–H groups in total. The van der Waals surface area contributed by atoms with Gasteiger partial charge in [-0.1, -0.05) is 37.1 Å². The smallest absolute Gasteiger partial charge is 0.243 e. The zero-order valence-electron chi connectivity index (χ0n) is 18.5. The number of amidine groups is 1. The number of fused-ring (bicyclic) bond motifs is 1. The van der Waals surface area contributed by atoms with Gasteiger partial charge in [-0.05, 0) is 65.7 Å². The minimum atomic E-state index is -3.79. The normalized spacial score (nSPS) is 12.7. The van der Waals surface area contributed by atoms with Gasteiger partial charge >= 0.3 is 0 Å². The number of aliphatic hydroxyl groups is 1. The Bertz CT molecular complexity index is 1220. The summed E-state index contributed by atoms with van der Waals surface area (Å²) in [6, 6.07) is 17.2. The number of nitrogens with zero attached hydrogens (tertiary/aromatic N) is 1. The summed E-state index contributed by atoms with van der Waals surface area (Å²) in [4.78, 5) is 0.188. The second-order valence-corrected chi connectivity index (χ2v) is 10.3. The lowest BCUT2D eigenvalue weighted by molar-refractivity contribution is 0.156. The average Bonchev–Trinajstić information content (AvgIpc) is 2.80. The number of nitrogen functional groups attached to an aromatic ring is 1. The minimum absolute atomic E-state index is 0.0184. The molecule has 0 aliphatic rings. The fourth-order valence-corrected chi connectivity index (χ4v) is 5.18. The van der Waals surface area contributed by atoms with Crippen LogP contribution in [0.15, 0.2) is 65.6 Å². The van der Waals surface area contributed by atoms with Crippen LogP contribution in [0.25, 0.3) is 10.8 Å². The first kappa shape index (κ1) is 25.0. The number of benzene rings is 3. The second-order valence-electron chi connectivity index (χ2n) is 7.90. The van der Waals surface area contributed by atoms with Crippen LogP contribution in [-0.4, -0.2) is 49.4 Å². The number of halogens is 1. The van der Waals surface area contributed by atoms with Crippen molar-refractivity contribution in [2.75, 3.05) is 25.0 Å². The molecular formula is C24H29ClN4O3S. The maximum atomic E-state index is 13.4. The maximum Gasteiger partial charge on any atom is 0.243 e. The first-order valence-electron chi connectivity index (χ1n) is 10.8. The van der Waals surface area contributed by atoms with Crippen LogP contribution in [0.5, 0.6) is 0 Å². The molecule has 3 rings (SSSR count). The number of anilines is 1. The van der Waals surface area contributed by atoms with Crippen molar-refractivity contribution >= 4 is 43.9 Å². The minimum Gasteiger partial charge on any atom is -0.390 e. The van der Waals surface area contributed by atoms with E-state index in [4.69, 9.17) is 22.7 Å². The van der Waals surface area contributed by atoms with Gasteiger partial charge in [-0.15, -0.1) is 0 Å². The Morgan fingerprint density at radius 1 is 1.12 bits per heavy atom. The molecule has 176 valence electrons. The molecule has 0 spiro atoms. The van der Waals surface area contributed by atoms with E-state index in [0.29, 0.717) is 23.6 Å². The van der Waals surface area contributed by atoms with Gasteiger partial charge in [0.05, 0.1) is 11.0 Å². The fourth-order valence-electron chi connectivity index (χ4n) is 3.45. The standard InChI is InChI=1S/C24H29ClN4O3S/c1-2-3-12-29(16-22(30)15-28-21-9-5-17(6-10-21)24(26)27)33(31,32)23-11-7-18-13-20(25)8-4-19(18)14-23/h4-11,13-14,22,28,30H,2-3,12,15-16H2,1H3,(H3,26,27). The van der Waals surface area contributed by atoms with Gasteiger partial charge in [-0.25, -0.2) is 8.42 Å². The third-order valence-electron chi connectivity index (χ3n) is 5.32. The third kappa shape index (κ3) is 6.45. The largest absolute Gasteiger partial charge is 0.390 e. The van der Waals surface area contributed by atoms with Crippen LogP contribution in [-0.2, 0) is 10.0 Å². The molecule has 3 aromatic carbocycles. The molecule has 3 aromatic rings. The van der Waals surface area contributed by atoms with Crippen molar-refractivity contribution in [3.63, 3.8) is 0 Å². The second kappa shape index (κ2) is 11.0. The Balaban J connectivity index is 1.73. The maximum absolute atomic E-state index is 13.4. The van der Waals surface area contributed by atoms with Crippen molar-refractivity contribution in [2.24, 2.45) is 5.73 Å². The summed E-state index contributed by atoms with van der Waals surface area (Å²) in [7, 11) is -3.79. The molecule has 0 radical (unpaired) electrons. The first-order valence-corrected chi connectivity index (χ1v) is 12.6. The van der Waals surface area contributed by atoms with Gasteiger partial charge in [0, 0.05) is 35.9 Å². The monoisotopic (exact) mass is 488 g/mol. The van der Waals surface area contributed by atoms with Gasteiger partial charge < -0.3 is 16.2 Å². The molecule has 0 heterocycles. The predicted octanol–water partition coefficient (Wildman–Crippen LogP) is 4.04. The van der Waals surface area contributed by atoms with Crippen molar-refractivity contribution in [3.05, 3.63) is 71.2 Å². The van der Waals surface area contributed by atoms with E-state index in [1.807, 2.05) is 6.92 Å². The Morgan fingerprint density at radius 3 is 2.45 bits per heavy atom. The zero-order chi connectivity index (χ0) is 24.0. The molecular weight excluding hydrogens is 460 g/mol. The molecule has 0 fully saturated rings. The number of nitrogens with two attached hydrogens (primary N) is 1. The molecule has 1 unspecified atom stereocenters. The molecule has 9 heteroatoms. The van der Waals surface area contributed by atoms with Crippen LogP contribution in [0, 0.1) is 5.41 Å². The van der Waals surface area contributed by atoms with E-state index in [2.05, 4.69) is 5.32 Å². The summed E-state index contributed by atoms with van der Waals surface area (Å²) in [6.07, 6.45) is 0.608. The lowest BCUT2D eigenvalue weighted by atomic mass is 10.1. The molecule has 0 amide bonds. The first-order chi connectivity index (χ1) is 15.7. The molecule has 33 heavy (non-hydrogen) atoms. The van der Waals surface area contributed by atoms with Crippen molar-refractivity contribution in [1.29, 1.82) is 5.41 Å². The lowest BCUT2D eigenvalue weighted by Crippen LogP contribution is -2.40. The number of sulfonamides is 1. The van der Waals surface area contributed by atoms with Crippen molar-refractivity contribution in [3.8, 4) is 0 Å². The van der Waals surface area contributed by atoms with Gasteiger partial charge in [0.2, 0.25) is 10.0 Å². The highest BCUT2D eigenvalue weighted by Gasteiger charge is 2.26. The molecule has 0 saturated heterocycles. The SMILES string of the molecule is CCCCN(CC(O)CNc1ccc(C(=N)N)cc1)S(=O)(=O)c1ccc2cc(Cl)ccc2c1. The fraction of sp³-hybridized carbons (Fsp3) is 0.292. The van der Waals surface area contributed by atoms with Crippen molar-refractivity contribution in [1.82, 2.24) is 4.31 Å². The topological polar surface area (TPSA) is 120 Å². The van der Waals surface area contributed by atoms with Crippen LogP contribution >= 0.6 is 11.6 Å². The van der Waals surface area contributed by atoms with Gasteiger partial charge in [0.15, 0.2) is 0 Å². The Hall–Kier alpha value is -2.65. The van der Waals surface area contributed by atoms with Gasteiger partial charge in [-0.3, -0.25) is 5.41 Å². The third-order valence-corrected chi connectivity index (χ3v) is 7.42. The summed E-state index contributed by atoms with van der Waals surface area (Å²) in [6.45, 7) is 2.46. The van der Waals surface area contributed by atoms with E-state index < -0.39 is 16.1 Å². The number of hydrogen-bond donors (Lipinski definition) is 4. The van der Waals surface area contributed by atoms with E-state index in [9.17, 15) is 13.5 Å². The Morgan fingerprint density at radius 2 is 1.79 bits per heavy atom. The number of aliphatic hydroxyl groups excluding tert-OH is 1. The number of hydrogen-bond acceptors (Lipinski definition) is 5. The highest BCUT2D eigenvalue weighted by Crippen LogP contribution is 2.25. The summed E-state index contributed by atoms with van der Waals surface area (Å²) < 4.78 is 28.1. The molecule has 0 aromatic heterocycles.